The van der Waals surface area contributed by atoms with Gasteiger partial charge in [0.05, 0.1) is 26.2 Å². The number of hydrogen-bond acceptors (Lipinski definition) is 15. The van der Waals surface area contributed by atoms with Crippen LogP contribution >= 0.6 is 0 Å². The Bertz CT molecular complexity index is 1320. The van der Waals surface area contributed by atoms with Crippen molar-refractivity contribution < 1.29 is 74.1 Å². The highest BCUT2D eigenvalue weighted by Gasteiger charge is 2.50. The first-order valence-electron chi connectivity index (χ1n) is 13.5. The Morgan fingerprint density at radius 1 is 0.884 bits per heavy atom. The fraction of sp³-hybridized carbons (Fsp3) is 0.536. The van der Waals surface area contributed by atoms with Crippen molar-refractivity contribution in [1.29, 1.82) is 0 Å². The van der Waals surface area contributed by atoms with Crippen LogP contribution in [0.1, 0.15) is 35.4 Å². The predicted octanol–water partition coefficient (Wildman–Crippen LogP) is -1.16. The zero-order valence-corrected chi connectivity index (χ0v) is 23.1. The lowest BCUT2D eigenvalue weighted by Gasteiger charge is -2.45. The lowest BCUT2D eigenvalue weighted by molar-refractivity contribution is -0.355. The summed E-state index contributed by atoms with van der Waals surface area (Å²) in [5, 5.41) is 82.3. The van der Waals surface area contributed by atoms with E-state index in [4.69, 9.17) is 28.4 Å². The monoisotopic (exact) mass is 610 g/mol. The Balaban J connectivity index is 1.40. The number of fused-ring (bicyclic) bond motifs is 1. The van der Waals surface area contributed by atoms with Gasteiger partial charge < -0.3 is 69.3 Å². The third-order valence-corrected chi connectivity index (χ3v) is 7.72. The maximum atomic E-state index is 13.0. The van der Waals surface area contributed by atoms with E-state index in [1.807, 2.05) is 0 Å². The molecule has 0 saturated carbocycles. The fourth-order valence-corrected chi connectivity index (χ4v) is 5.29. The van der Waals surface area contributed by atoms with Crippen molar-refractivity contribution in [3.8, 4) is 28.7 Å². The molecule has 2 aromatic rings. The summed E-state index contributed by atoms with van der Waals surface area (Å²) in [5.41, 5.74) is 0.376. The number of hydrogen-bond donors (Lipinski definition) is 8. The summed E-state index contributed by atoms with van der Waals surface area (Å²) >= 11 is 0. The smallest absolute Gasteiger partial charge is 0.229 e. The second kappa shape index (κ2) is 12.4. The van der Waals surface area contributed by atoms with Gasteiger partial charge in [-0.15, -0.1) is 0 Å². The van der Waals surface area contributed by atoms with Crippen molar-refractivity contribution >= 4 is 5.78 Å². The number of aliphatic hydroxyl groups excluding tert-OH is 6. The molecule has 5 rings (SSSR count). The number of ether oxygens (including phenoxy) is 6. The molecule has 3 aliphatic heterocycles. The minimum absolute atomic E-state index is 0.0394. The Hall–Kier alpha value is -3.25. The quantitative estimate of drug-likeness (QED) is 0.185. The number of benzene rings is 2. The van der Waals surface area contributed by atoms with Gasteiger partial charge in [-0.1, -0.05) is 6.07 Å². The molecule has 2 fully saturated rings. The maximum absolute atomic E-state index is 13.0. The molecule has 2 aromatic carbocycles. The van der Waals surface area contributed by atoms with Gasteiger partial charge in [-0.05, 0) is 24.6 Å². The van der Waals surface area contributed by atoms with Gasteiger partial charge in [-0.25, -0.2) is 0 Å². The number of aliphatic hydroxyl groups is 6. The van der Waals surface area contributed by atoms with Gasteiger partial charge in [-0.3, -0.25) is 4.79 Å². The lowest BCUT2D eigenvalue weighted by Crippen LogP contribution is -2.64. The van der Waals surface area contributed by atoms with Crippen LogP contribution in [0.4, 0.5) is 0 Å². The minimum Gasteiger partial charge on any atom is -0.507 e. The SMILES string of the molecule is COc1ccc(C2CC(=O)c3c(O)cc(OC4OC(C)C(O)C(O)C4OC4OC(CO)C(O)C(O)C4O)cc3O2)cc1O. The molecule has 11 atom stereocenters. The second-order valence-electron chi connectivity index (χ2n) is 10.6. The number of phenols is 2. The minimum atomic E-state index is -1.82. The molecule has 236 valence electrons. The van der Waals surface area contributed by atoms with E-state index < -0.39 is 85.7 Å². The molecule has 0 spiro atoms. The van der Waals surface area contributed by atoms with E-state index in [2.05, 4.69) is 0 Å². The van der Waals surface area contributed by atoms with E-state index in [9.17, 15) is 45.6 Å². The summed E-state index contributed by atoms with van der Waals surface area (Å²) in [5.74, 6) is -0.960. The van der Waals surface area contributed by atoms with Crippen LogP contribution in [0, 0.1) is 0 Å². The Labute approximate surface area is 245 Å². The van der Waals surface area contributed by atoms with E-state index in [1.54, 1.807) is 6.07 Å². The topological polar surface area (TPSA) is 234 Å². The summed E-state index contributed by atoms with van der Waals surface area (Å²) in [6, 6.07) is 6.95. The predicted molar refractivity (Wildman–Crippen MR) is 141 cm³/mol. The zero-order valence-electron chi connectivity index (χ0n) is 23.1. The normalized spacial score (nSPS) is 36.0. The lowest BCUT2D eigenvalue weighted by atomic mass is 9.95. The van der Waals surface area contributed by atoms with Crippen LogP contribution in [0.25, 0.3) is 0 Å². The fourth-order valence-electron chi connectivity index (χ4n) is 5.29. The van der Waals surface area contributed by atoms with Crippen LogP contribution in [0.3, 0.4) is 0 Å². The molecule has 43 heavy (non-hydrogen) atoms. The molecular weight excluding hydrogens is 576 g/mol. The summed E-state index contributed by atoms with van der Waals surface area (Å²) in [7, 11) is 1.39. The highest BCUT2D eigenvalue weighted by molar-refractivity contribution is 6.02. The summed E-state index contributed by atoms with van der Waals surface area (Å²) in [6.07, 6.45) is -16.4. The van der Waals surface area contributed by atoms with Crippen LogP contribution in [0.5, 0.6) is 28.7 Å². The molecule has 0 bridgehead atoms. The number of carbonyl (C=O) groups is 1. The number of ketones is 1. The van der Waals surface area contributed by atoms with Gasteiger partial charge in [0.2, 0.25) is 6.29 Å². The number of rotatable bonds is 7. The van der Waals surface area contributed by atoms with Crippen LogP contribution in [0.2, 0.25) is 0 Å². The van der Waals surface area contributed by atoms with Crippen LogP contribution in [0.15, 0.2) is 30.3 Å². The third kappa shape index (κ3) is 5.95. The largest absolute Gasteiger partial charge is 0.507 e. The molecule has 0 aromatic heterocycles. The molecular formula is C28H34O15. The first-order chi connectivity index (χ1) is 20.4. The zero-order chi connectivity index (χ0) is 31.2. The van der Waals surface area contributed by atoms with E-state index in [-0.39, 0.29) is 35.0 Å². The van der Waals surface area contributed by atoms with Gasteiger partial charge in [-0.2, -0.15) is 0 Å². The molecule has 2 saturated heterocycles. The number of phenolic OH excluding ortho intramolecular Hbond substituents is 2. The van der Waals surface area contributed by atoms with Crippen LogP contribution in [-0.2, 0) is 14.2 Å². The van der Waals surface area contributed by atoms with Gasteiger partial charge in [0.25, 0.3) is 0 Å². The van der Waals surface area contributed by atoms with Crippen molar-refractivity contribution in [1.82, 2.24) is 0 Å². The van der Waals surface area contributed by atoms with Gasteiger partial charge in [0.15, 0.2) is 29.7 Å². The van der Waals surface area contributed by atoms with Crippen LogP contribution < -0.4 is 14.2 Å². The van der Waals surface area contributed by atoms with E-state index >= 15 is 0 Å². The highest BCUT2D eigenvalue weighted by Crippen LogP contribution is 2.43. The molecule has 0 aliphatic carbocycles. The average molecular weight is 611 g/mol. The number of carbonyl (C=O) groups excluding carboxylic acids is 1. The van der Waals surface area contributed by atoms with E-state index in [1.165, 1.54) is 32.2 Å². The Kier molecular flexibility index (Phi) is 8.99. The first-order valence-corrected chi connectivity index (χ1v) is 13.5. The second-order valence-corrected chi connectivity index (χ2v) is 10.6. The van der Waals surface area contributed by atoms with Gasteiger partial charge >= 0.3 is 0 Å². The van der Waals surface area contributed by atoms with Crippen molar-refractivity contribution in [3.05, 3.63) is 41.5 Å². The third-order valence-electron chi connectivity index (χ3n) is 7.72. The molecule has 3 heterocycles. The van der Waals surface area contributed by atoms with Crippen molar-refractivity contribution in [3.63, 3.8) is 0 Å². The molecule has 11 unspecified atom stereocenters. The molecule has 8 N–H and O–H groups in total. The van der Waals surface area contributed by atoms with Gasteiger partial charge in [0, 0.05) is 12.1 Å². The molecule has 3 aliphatic rings. The summed E-state index contributed by atoms with van der Waals surface area (Å²) in [4.78, 5) is 13.0. The van der Waals surface area contributed by atoms with Crippen LogP contribution in [-0.4, -0.2) is 122 Å². The van der Waals surface area contributed by atoms with Gasteiger partial charge in [0.1, 0.15) is 65.5 Å². The summed E-state index contributed by atoms with van der Waals surface area (Å²) < 4.78 is 33.7. The van der Waals surface area contributed by atoms with Crippen molar-refractivity contribution in [2.45, 2.75) is 80.9 Å². The number of aromatic hydroxyl groups is 2. The van der Waals surface area contributed by atoms with E-state index in [0.717, 1.165) is 6.07 Å². The molecule has 0 amide bonds. The number of Topliss-reactive ketones (excluding diaryl/α,β-unsaturated/α-hetero) is 1. The van der Waals surface area contributed by atoms with E-state index in [0.29, 0.717) is 5.56 Å². The standard InChI is InChI=1S/C28H34O15/c1-10-21(33)24(36)26(43-27-25(37)23(35)22(34)19(9-29)42-27)28(39-10)40-12-6-14(31)20-15(32)8-17(41-18(20)7-12)11-3-4-16(38-2)13(30)5-11/h3-7,10,17,19,21-31,33-37H,8-9H2,1-2H3. The summed E-state index contributed by atoms with van der Waals surface area (Å²) in [6.45, 7) is 0.730. The molecule has 15 nitrogen and oxygen atoms in total. The Morgan fingerprint density at radius 3 is 2.30 bits per heavy atom. The van der Waals surface area contributed by atoms with Crippen molar-refractivity contribution in [2.75, 3.05) is 13.7 Å². The highest BCUT2D eigenvalue weighted by atomic mass is 16.8. The Morgan fingerprint density at radius 2 is 1.63 bits per heavy atom. The average Bonchev–Trinajstić information content (AvgIpc) is 2.97. The van der Waals surface area contributed by atoms with Crippen molar-refractivity contribution in [2.24, 2.45) is 0 Å². The molecule has 0 radical (unpaired) electrons. The molecule has 15 heteroatoms. The first kappa shape index (κ1) is 31.2. The number of methoxy groups -OCH3 is 1. The maximum Gasteiger partial charge on any atom is 0.229 e.